The van der Waals surface area contributed by atoms with Gasteiger partial charge in [0.2, 0.25) is 0 Å². The van der Waals surface area contributed by atoms with Gasteiger partial charge in [-0.3, -0.25) is 4.90 Å². The topological polar surface area (TPSA) is 65.4 Å². The molecule has 0 aliphatic carbocycles. The predicted octanol–water partition coefficient (Wildman–Crippen LogP) is 4.49. The van der Waals surface area contributed by atoms with Crippen LogP contribution in [0.5, 0.6) is 0 Å². The molecule has 5 nitrogen and oxygen atoms in total. The van der Waals surface area contributed by atoms with Crippen LogP contribution in [-0.4, -0.2) is 28.7 Å². The fourth-order valence-corrected chi connectivity index (χ4v) is 2.89. The van der Waals surface area contributed by atoms with Crippen LogP contribution < -0.4 is 5.32 Å². The zero-order valence-electron chi connectivity index (χ0n) is 17.1. The van der Waals surface area contributed by atoms with Crippen LogP contribution in [-0.2, 0) is 17.8 Å². The van der Waals surface area contributed by atoms with Gasteiger partial charge < -0.3 is 10.1 Å². The third-order valence-electron chi connectivity index (χ3n) is 4.33. The van der Waals surface area contributed by atoms with E-state index in [1.807, 2.05) is 43.3 Å². The van der Waals surface area contributed by atoms with Crippen LogP contribution >= 0.6 is 0 Å². The third-order valence-corrected chi connectivity index (χ3v) is 4.33. The molecule has 0 heterocycles. The van der Waals surface area contributed by atoms with Crippen molar-refractivity contribution in [1.29, 1.82) is 5.26 Å². The van der Waals surface area contributed by atoms with Crippen molar-refractivity contribution in [3.63, 3.8) is 0 Å². The number of nitrogens with zero attached hydrogens (tertiary/aromatic N) is 2. The van der Waals surface area contributed by atoms with Crippen molar-refractivity contribution in [2.45, 2.75) is 58.5 Å². The second-order valence-corrected chi connectivity index (χ2v) is 7.87. The Balaban J connectivity index is 2.17. The normalized spacial score (nSPS) is 13.4. The van der Waals surface area contributed by atoms with Crippen molar-refractivity contribution in [2.75, 3.05) is 0 Å². The summed E-state index contributed by atoms with van der Waals surface area (Å²) < 4.78 is 5.32. The van der Waals surface area contributed by atoms with Crippen LogP contribution in [0.3, 0.4) is 0 Å². The SMILES string of the molecule is CC(C(C#N)NC(=O)OC(C)(C)C)N(Cc1ccccc1)Cc1ccccc1. The average molecular weight is 380 g/mol. The van der Waals surface area contributed by atoms with Crippen molar-refractivity contribution in [2.24, 2.45) is 0 Å². The molecule has 0 saturated carbocycles. The highest BCUT2D eigenvalue weighted by atomic mass is 16.6. The van der Waals surface area contributed by atoms with E-state index in [2.05, 4.69) is 40.6 Å². The van der Waals surface area contributed by atoms with E-state index in [0.717, 1.165) is 11.1 Å². The smallest absolute Gasteiger partial charge is 0.408 e. The summed E-state index contributed by atoms with van der Waals surface area (Å²) in [5.41, 5.74) is 1.69. The molecule has 2 aromatic carbocycles. The fraction of sp³-hybridized carbons (Fsp3) is 0.391. The lowest BCUT2D eigenvalue weighted by molar-refractivity contribution is 0.0482. The lowest BCUT2D eigenvalue weighted by Gasteiger charge is -2.32. The van der Waals surface area contributed by atoms with Gasteiger partial charge in [0, 0.05) is 19.1 Å². The van der Waals surface area contributed by atoms with Gasteiger partial charge in [-0.15, -0.1) is 0 Å². The van der Waals surface area contributed by atoms with Gasteiger partial charge in [-0.05, 0) is 38.8 Å². The van der Waals surface area contributed by atoms with E-state index in [9.17, 15) is 10.1 Å². The van der Waals surface area contributed by atoms with Crippen molar-refractivity contribution >= 4 is 6.09 Å². The number of nitriles is 1. The second kappa shape index (κ2) is 9.91. The van der Waals surface area contributed by atoms with Crippen molar-refractivity contribution in [1.82, 2.24) is 10.2 Å². The van der Waals surface area contributed by atoms with Gasteiger partial charge in [0.1, 0.15) is 11.6 Å². The van der Waals surface area contributed by atoms with E-state index >= 15 is 0 Å². The summed E-state index contributed by atoms with van der Waals surface area (Å²) in [4.78, 5) is 14.4. The molecule has 2 rings (SSSR count). The van der Waals surface area contributed by atoms with Crippen LogP contribution in [0.1, 0.15) is 38.8 Å². The minimum Gasteiger partial charge on any atom is -0.444 e. The molecule has 0 bridgehead atoms. The Hall–Kier alpha value is -2.84. The number of hydrogen-bond acceptors (Lipinski definition) is 4. The van der Waals surface area contributed by atoms with Crippen LogP contribution in [0.4, 0.5) is 4.79 Å². The van der Waals surface area contributed by atoms with Gasteiger partial charge >= 0.3 is 6.09 Å². The number of hydrogen-bond donors (Lipinski definition) is 1. The third kappa shape index (κ3) is 7.05. The molecule has 1 amide bonds. The van der Waals surface area contributed by atoms with E-state index in [1.54, 1.807) is 20.8 Å². The maximum absolute atomic E-state index is 12.2. The summed E-state index contributed by atoms with van der Waals surface area (Å²) in [5, 5.41) is 12.4. The van der Waals surface area contributed by atoms with Gasteiger partial charge in [0.15, 0.2) is 0 Å². The molecule has 28 heavy (non-hydrogen) atoms. The van der Waals surface area contributed by atoms with Crippen LogP contribution in [0.15, 0.2) is 60.7 Å². The molecular formula is C23H29N3O2. The molecule has 0 aliphatic heterocycles. The van der Waals surface area contributed by atoms with Gasteiger partial charge in [-0.25, -0.2) is 4.79 Å². The minimum absolute atomic E-state index is 0.210. The second-order valence-electron chi connectivity index (χ2n) is 7.87. The van der Waals surface area contributed by atoms with Gasteiger partial charge in [0.05, 0.1) is 6.07 Å². The highest BCUT2D eigenvalue weighted by Gasteiger charge is 2.27. The Morgan fingerprint density at radius 1 is 1.04 bits per heavy atom. The molecule has 0 aliphatic rings. The summed E-state index contributed by atoms with van der Waals surface area (Å²) in [6, 6.07) is 21.5. The molecule has 5 heteroatoms. The number of alkyl carbamates (subject to hydrolysis) is 1. The Kier molecular flexibility index (Phi) is 7.60. The van der Waals surface area contributed by atoms with Crippen LogP contribution in [0.25, 0.3) is 0 Å². The Morgan fingerprint density at radius 3 is 1.89 bits per heavy atom. The maximum atomic E-state index is 12.2. The van der Waals surface area contributed by atoms with Gasteiger partial charge in [0.25, 0.3) is 0 Å². The van der Waals surface area contributed by atoms with Crippen LogP contribution in [0.2, 0.25) is 0 Å². The van der Waals surface area contributed by atoms with E-state index in [0.29, 0.717) is 13.1 Å². The lowest BCUT2D eigenvalue weighted by Crippen LogP contribution is -2.50. The first-order chi connectivity index (χ1) is 13.3. The zero-order chi connectivity index (χ0) is 20.6. The number of rotatable bonds is 7. The largest absolute Gasteiger partial charge is 0.444 e. The Bertz CT molecular complexity index is 737. The summed E-state index contributed by atoms with van der Waals surface area (Å²) in [6.07, 6.45) is -0.578. The molecule has 0 radical (unpaired) electrons. The Labute approximate surface area is 167 Å². The predicted molar refractivity (Wildman–Crippen MR) is 110 cm³/mol. The minimum atomic E-state index is -0.692. The van der Waals surface area contributed by atoms with E-state index in [4.69, 9.17) is 4.74 Å². The number of amides is 1. The van der Waals surface area contributed by atoms with E-state index in [1.165, 1.54) is 0 Å². The molecule has 148 valence electrons. The molecular weight excluding hydrogens is 350 g/mol. The van der Waals surface area contributed by atoms with E-state index < -0.39 is 17.7 Å². The maximum Gasteiger partial charge on any atom is 0.408 e. The first-order valence-corrected chi connectivity index (χ1v) is 9.49. The van der Waals surface area contributed by atoms with E-state index in [-0.39, 0.29) is 6.04 Å². The fourth-order valence-electron chi connectivity index (χ4n) is 2.89. The van der Waals surface area contributed by atoms with Crippen LogP contribution in [0, 0.1) is 11.3 Å². The standard InChI is InChI=1S/C23H29N3O2/c1-18(21(15-24)25-22(27)28-23(2,3)4)26(16-19-11-7-5-8-12-19)17-20-13-9-6-10-14-20/h5-14,18,21H,16-17H2,1-4H3,(H,25,27). The average Bonchev–Trinajstić information content (AvgIpc) is 2.65. The summed E-state index contributed by atoms with van der Waals surface area (Å²) in [7, 11) is 0. The number of carbonyl (C=O) groups excluding carboxylic acids is 1. The summed E-state index contributed by atoms with van der Waals surface area (Å²) in [5.74, 6) is 0. The first kappa shape index (κ1) is 21.5. The molecule has 0 fully saturated rings. The number of nitrogens with one attached hydrogen (secondary N) is 1. The van der Waals surface area contributed by atoms with Gasteiger partial charge in [-0.2, -0.15) is 5.26 Å². The van der Waals surface area contributed by atoms with Crippen molar-refractivity contribution < 1.29 is 9.53 Å². The molecule has 0 aromatic heterocycles. The number of benzene rings is 2. The molecule has 0 spiro atoms. The molecule has 2 aromatic rings. The first-order valence-electron chi connectivity index (χ1n) is 9.49. The molecule has 2 unspecified atom stereocenters. The highest BCUT2D eigenvalue weighted by molar-refractivity contribution is 5.68. The van der Waals surface area contributed by atoms with Crippen molar-refractivity contribution in [3.8, 4) is 6.07 Å². The Morgan fingerprint density at radius 2 is 1.50 bits per heavy atom. The van der Waals surface area contributed by atoms with Crippen molar-refractivity contribution in [3.05, 3.63) is 71.8 Å². The quantitative estimate of drug-likeness (QED) is 0.769. The molecule has 2 atom stereocenters. The monoisotopic (exact) mass is 379 g/mol. The highest BCUT2D eigenvalue weighted by Crippen LogP contribution is 2.16. The zero-order valence-corrected chi connectivity index (χ0v) is 17.1. The summed E-state index contributed by atoms with van der Waals surface area (Å²) >= 11 is 0. The molecule has 1 N–H and O–H groups in total. The van der Waals surface area contributed by atoms with Gasteiger partial charge in [-0.1, -0.05) is 60.7 Å². The summed E-state index contributed by atoms with van der Waals surface area (Å²) in [6.45, 7) is 8.70. The molecule has 0 saturated heterocycles. The number of ether oxygens (including phenoxy) is 1. The lowest BCUT2D eigenvalue weighted by atomic mass is 10.1. The number of carbonyl (C=O) groups is 1.